The minimum absolute atomic E-state index is 0.183. The van der Waals surface area contributed by atoms with E-state index in [2.05, 4.69) is 20.8 Å². The molecular formula is C14H13N5O7S2. The summed E-state index contributed by atoms with van der Waals surface area (Å²) in [5.74, 6) is -1.92. The quantitative estimate of drug-likeness (QED) is 0.179. The Hall–Kier alpha value is -3.20. The Balaban J connectivity index is 2.39. The molecule has 2 aromatic carbocycles. The monoisotopic (exact) mass is 427 g/mol. The molecule has 0 saturated heterocycles. The Kier molecular flexibility index (Phi) is 6.19. The van der Waals surface area contributed by atoms with Gasteiger partial charge < -0.3 is 5.73 Å². The second kappa shape index (κ2) is 8.22. The molecule has 2 aromatic rings. The number of para-hydroxylation sites is 1. The third-order valence-electron chi connectivity index (χ3n) is 3.06. The number of primary amides is 1. The maximum atomic E-state index is 11.5. The number of hydrogen-bond acceptors (Lipinski definition) is 8. The molecule has 5 N–H and O–H groups in total. The van der Waals surface area contributed by atoms with Crippen LogP contribution < -0.4 is 11.2 Å². The number of carbonyl (C=O) groups is 1. The van der Waals surface area contributed by atoms with Crippen molar-refractivity contribution in [3.05, 3.63) is 48.5 Å². The van der Waals surface area contributed by atoms with E-state index in [1.165, 1.54) is 36.4 Å². The van der Waals surface area contributed by atoms with Crippen LogP contribution in [0.2, 0.25) is 0 Å². The number of anilines is 1. The number of amidine groups is 1. The number of hydrogen-bond donors (Lipinski definition) is 4. The molecule has 1 amide bonds. The van der Waals surface area contributed by atoms with Crippen LogP contribution in [0.5, 0.6) is 0 Å². The van der Waals surface area contributed by atoms with Gasteiger partial charge in [-0.2, -0.15) is 16.8 Å². The maximum Gasteiger partial charge on any atom is 0.296 e. The van der Waals surface area contributed by atoms with Gasteiger partial charge in [-0.1, -0.05) is 24.3 Å². The second-order valence-corrected chi connectivity index (χ2v) is 7.81. The van der Waals surface area contributed by atoms with Crippen LogP contribution in [-0.2, 0) is 25.0 Å². The van der Waals surface area contributed by atoms with Crippen molar-refractivity contribution in [2.45, 2.75) is 9.79 Å². The molecule has 12 nitrogen and oxygen atoms in total. The number of nitrogens with two attached hydrogens (primary N) is 1. The zero-order chi connectivity index (χ0) is 20.9. The first-order chi connectivity index (χ1) is 13.0. The van der Waals surface area contributed by atoms with Crippen LogP contribution in [0.4, 0.5) is 11.4 Å². The van der Waals surface area contributed by atoms with Crippen molar-refractivity contribution in [1.29, 1.82) is 0 Å². The summed E-state index contributed by atoms with van der Waals surface area (Å²) in [7, 11) is -9.17. The van der Waals surface area contributed by atoms with Gasteiger partial charge in [-0.15, -0.1) is 15.3 Å². The van der Waals surface area contributed by atoms with Crippen molar-refractivity contribution in [2.24, 2.45) is 21.1 Å². The smallest absolute Gasteiger partial charge is 0.296 e. The summed E-state index contributed by atoms with van der Waals surface area (Å²) in [4.78, 5) is 10.4. The number of rotatable bonds is 5. The normalized spacial score (nSPS) is 12.9. The van der Waals surface area contributed by atoms with Crippen molar-refractivity contribution in [1.82, 2.24) is 0 Å². The molecule has 0 aliphatic carbocycles. The van der Waals surface area contributed by atoms with E-state index >= 15 is 0 Å². The molecule has 0 radical (unpaired) electrons. The van der Waals surface area contributed by atoms with Crippen LogP contribution in [0, 0.1) is 0 Å². The first-order valence-electron chi connectivity index (χ1n) is 7.18. The highest BCUT2D eigenvalue weighted by Gasteiger charge is 2.17. The number of amides is 1. The summed E-state index contributed by atoms with van der Waals surface area (Å²) in [5.41, 5.74) is 6.85. The number of nitrogens with zero attached hydrogens (tertiary/aromatic N) is 3. The molecule has 0 heterocycles. The van der Waals surface area contributed by atoms with Gasteiger partial charge in [0.05, 0.1) is 5.69 Å². The lowest BCUT2D eigenvalue weighted by Crippen LogP contribution is -2.22. The number of hydrazone groups is 1. The lowest BCUT2D eigenvalue weighted by atomic mass is 10.3. The fourth-order valence-corrected chi connectivity index (χ4v) is 3.15. The summed E-state index contributed by atoms with van der Waals surface area (Å²) in [6, 6.07) is 10.1. The van der Waals surface area contributed by atoms with E-state index < -0.39 is 41.8 Å². The van der Waals surface area contributed by atoms with Gasteiger partial charge in [0.15, 0.2) is 0 Å². The van der Waals surface area contributed by atoms with Crippen molar-refractivity contribution < 1.29 is 30.7 Å². The van der Waals surface area contributed by atoms with Crippen molar-refractivity contribution in [2.75, 3.05) is 5.43 Å². The highest BCUT2D eigenvalue weighted by atomic mass is 32.2. The third-order valence-corrected chi connectivity index (χ3v) is 4.88. The number of azo groups is 1. The van der Waals surface area contributed by atoms with E-state index in [4.69, 9.17) is 10.3 Å². The average molecular weight is 427 g/mol. The molecule has 0 fully saturated rings. The van der Waals surface area contributed by atoms with Gasteiger partial charge in [0.2, 0.25) is 0 Å². The summed E-state index contributed by atoms with van der Waals surface area (Å²) < 4.78 is 63.6. The Morgan fingerprint density at radius 1 is 0.893 bits per heavy atom. The van der Waals surface area contributed by atoms with Gasteiger partial charge in [-0.3, -0.25) is 19.3 Å². The van der Waals surface area contributed by atoms with E-state index in [0.717, 1.165) is 12.1 Å². The molecule has 0 saturated carbocycles. The SMILES string of the molecule is NC(=O)/C(N=Nc1ccccc1S(=O)(=O)O)=N/Nc1ccccc1S(=O)(=O)O. The van der Waals surface area contributed by atoms with E-state index in [9.17, 15) is 26.2 Å². The molecular weight excluding hydrogens is 414 g/mol. The standard InChI is InChI=1S/C14H13N5O7S2/c15-13(20)14(18-16-9-5-1-3-7-11(9)27(21,22)23)19-17-10-6-2-4-8-12(10)28(24,25)26/h1-8,16H,(H2,15,20)(H,21,22,23)(H,24,25,26)/b18-14-,19-17?. The van der Waals surface area contributed by atoms with Gasteiger partial charge >= 0.3 is 0 Å². The molecule has 0 aliphatic heterocycles. The number of nitrogens with one attached hydrogen (secondary N) is 1. The first-order valence-corrected chi connectivity index (χ1v) is 10.1. The van der Waals surface area contributed by atoms with E-state index in [-0.39, 0.29) is 11.4 Å². The molecule has 0 spiro atoms. The lowest BCUT2D eigenvalue weighted by Gasteiger charge is -2.06. The zero-order valence-electron chi connectivity index (χ0n) is 13.8. The fraction of sp³-hybridized carbons (Fsp3) is 0. The summed E-state index contributed by atoms with van der Waals surface area (Å²) in [6.45, 7) is 0. The molecule has 28 heavy (non-hydrogen) atoms. The lowest BCUT2D eigenvalue weighted by molar-refractivity contribution is -0.112. The van der Waals surface area contributed by atoms with Gasteiger partial charge in [-0.05, 0) is 24.3 Å². The van der Waals surface area contributed by atoms with E-state index in [1.54, 1.807) is 0 Å². The summed E-state index contributed by atoms with van der Waals surface area (Å²) in [5, 5.41) is 10.5. The van der Waals surface area contributed by atoms with Crippen LogP contribution >= 0.6 is 0 Å². The molecule has 0 aromatic heterocycles. The molecule has 0 atom stereocenters. The zero-order valence-corrected chi connectivity index (χ0v) is 15.4. The predicted octanol–water partition coefficient (Wildman–Crippen LogP) is 1.17. The highest BCUT2D eigenvalue weighted by Crippen LogP contribution is 2.24. The van der Waals surface area contributed by atoms with Gasteiger partial charge in [0, 0.05) is 0 Å². The van der Waals surface area contributed by atoms with Crippen molar-refractivity contribution in [3.8, 4) is 0 Å². The van der Waals surface area contributed by atoms with Gasteiger partial charge in [0.25, 0.3) is 32.0 Å². The number of benzene rings is 2. The topological polar surface area (TPSA) is 201 Å². The largest absolute Gasteiger partial charge is 0.363 e. The van der Waals surface area contributed by atoms with E-state index in [0.29, 0.717) is 0 Å². The van der Waals surface area contributed by atoms with E-state index in [1.807, 2.05) is 0 Å². The van der Waals surface area contributed by atoms with Crippen molar-refractivity contribution >= 4 is 43.4 Å². The predicted molar refractivity (Wildman–Crippen MR) is 97.3 cm³/mol. The summed E-state index contributed by atoms with van der Waals surface area (Å²) in [6.07, 6.45) is 0. The van der Waals surface area contributed by atoms with Gasteiger partial charge in [-0.25, -0.2) is 0 Å². The average Bonchev–Trinajstić information content (AvgIpc) is 2.60. The van der Waals surface area contributed by atoms with Crippen LogP contribution in [0.3, 0.4) is 0 Å². The minimum Gasteiger partial charge on any atom is -0.363 e. The fourth-order valence-electron chi connectivity index (χ4n) is 1.88. The Morgan fingerprint density at radius 2 is 1.43 bits per heavy atom. The summed E-state index contributed by atoms with van der Waals surface area (Å²) >= 11 is 0. The maximum absolute atomic E-state index is 11.5. The molecule has 148 valence electrons. The minimum atomic E-state index is -4.60. The number of carbonyl (C=O) groups excluding carboxylic acids is 1. The molecule has 0 unspecified atom stereocenters. The Bertz CT molecular complexity index is 1170. The second-order valence-electron chi connectivity index (χ2n) is 5.03. The van der Waals surface area contributed by atoms with Crippen LogP contribution in [0.15, 0.2) is 73.7 Å². The van der Waals surface area contributed by atoms with Crippen LogP contribution in [0.25, 0.3) is 0 Å². The first kappa shape index (κ1) is 21.1. The molecule has 14 heteroatoms. The van der Waals surface area contributed by atoms with Gasteiger partial charge in [0.1, 0.15) is 15.5 Å². The van der Waals surface area contributed by atoms with Crippen LogP contribution in [0.1, 0.15) is 0 Å². The molecule has 0 bridgehead atoms. The Labute approximate surface area is 159 Å². The highest BCUT2D eigenvalue weighted by molar-refractivity contribution is 7.86. The van der Waals surface area contributed by atoms with Crippen molar-refractivity contribution in [3.63, 3.8) is 0 Å². The Morgan fingerprint density at radius 3 is 2.00 bits per heavy atom. The molecule has 0 aliphatic rings. The third kappa shape index (κ3) is 5.40. The van der Waals surface area contributed by atoms with Crippen LogP contribution in [-0.4, -0.2) is 37.7 Å². The molecule has 2 rings (SSSR count).